The van der Waals surface area contributed by atoms with Gasteiger partial charge in [0.25, 0.3) is 0 Å². The zero-order chi connectivity index (χ0) is 13.5. The minimum atomic E-state index is -4.41. The molecule has 0 aromatic carbocycles. The van der Waals surface area contributed by atoms with Gasteiger partial charge in [-0.15, -0.1) is 0 Å². The lowest BCUT2D eigenvalue weighted by Crippen LogP contribution is -2.21. The number of fused-ring (bicyclic) bond motifs is 1. The highest BCUT2D eigenvalue weighted by Crippen LogP contribution is 2.33. The molecule has 1 atom stereocenters. The molecule has 0 saturated carbocycles. The number of hydrogen-bond acceptors (Lipinski definition) is 3. The smallest absolute Gasteiger partial charge is 0.349 e. The summed E-state index contributed by atoms with van der Waals surface area (Å²) in [5, 5.41) is 3.02. The molecule has 2 aromatic heterocycles. The molecule has 1 aliphatic heterocycles. The van der Waals surface area contributed by atoms with Gasteiger partial charge in [-0.2, -0.15) is 13.2 Å². The van der Waals surface area contributed by atoms with Gasteiger partial charge in [0.15, 0.2) is 5.69 Å². The van der Waals surface area contributed by atoms with Crippen molar-refractivity contribution >= 4 is 5.95 Å². The average molecular weight is 268 g/mol. The van der Waals surface area contributed by atoms with Crippen LogP contribution in [0.4, 0.5) is 19.1 Å². The average Bonchev–Trinajstić information content (AvgIpc) is 2.82. The first kappa shape index (κ1) is 12.0. The number of rotatable bonds is 1. The first-order valence-corrected chi connectivity index (χ1v) is 5.85. The fourth-order valence-corrected chi connectivity index (χ4v) is 2.17. The van der Waals surface area contributed by atoms with Crippen LogP contribution in [0.15, 0.2) is 30.7 Å². The molecule has 2 aromatic rings. The summed E-state index contributed by atoms with van der Waals surface area (Å²) in [5.41, 5.74) is 0.0899. The van der Waals surface area contributed by atoms with Gasteiger partial charge in [-0.25, -0.2) is 4.98 Å². The fourth-order valence-electron chi connectivity index (χ4n) is 2.17. The lowest BCUT2D eigenvalue weighted by molar-refractivity contribution is -0.140. The molecule has 19 heavy (non-hydrogen) atoms. The highest BCUT2D eigenvalue weighted by atomic mass is 19.4. The molecular formula is C12H11F3N4. The summed E-state index contributed by atoms with van der Waals surface area (Å²) < 4.78 is 39.2. The van der Waals surface area contributed by atoms with E-state index in [9.17, 15) is 13.2 Å². The Labute approximate surface area is 107 Å². The van der Waals surface area contributed by atoms with E-state index in [-0.39, 0.29) is 12.0 Å². The number of nitrogens with one attached hydrogen (secondary N) is 1. The van der Waals surface area contributed by atoms with Gasteiger partial charge >= 0.3 is 6.18 Å². The lowest BCUT2D eigenvalue weighted by Gasteiger charge is -2.25. The monoisotopic (exact) mass is 268 g/mol. The molecule has 1 unspecified atom stereocenters. The molecule has 0 aliphatic carbocycles. The molecule has 1 aliphatic rings. The number of anilines is 1. The molecule has 3 rings (SSSR count). The van der Waals surface area contributed by atoms with E-state index >= 15 is 0 Å². The first-order chi connectivity index (χ1) is 9.04. The van der Waals surface area contributed by atoms with E-state index in [1.807, 2.05) is 6.07 Å². The summed E-state index contributed by atoms with van der Waals surface area (Å²) in [5.74, 6) is 0.257. The van der Waals surface area contributed by atoms with Crippen LogP contribution in [-0.4, -0.2) is 14.5 Å². The van der Waals surface area contributed by atoms with Crippen molar-refractivity contribution in [2.24, 2.45) is 0 Å². The maximum absolute atomic E-state index is 12.6. The van der Waals surface area contributed by atoms with E-state index in [0.717, 1.165) is 11.8 Å². The van der Waals surface area contributed by atoms with Gasteiger partial charge in [-0.3, -0.25) is 4.98 Å². The Morgan fingerprint density at radius 3 is 2.89 bits per heavy atom. The third-order valence-electron chi connectivity index (χ3n) is 3.12. The van der Waals surface area contributed by atoms with Gasteiger partial charge in [-0.1, -0.05) is 6.07 Å². The minimum absolute atomic E-state index is 0.0512. The van der Waals surface area contributed by atoms with Crippen LogP contribution in [0.5, 0.6) is 0 Å². The first-order valence-electron chi connectivity index (χ1n) is 5.85. The van der Waals surface area contributed by atoms with Crippen molar-refractivity contribution in [2.45, 2.75) is 25.2 Å². The minimum Gasteiger partial charge on any atom is -0.349 e. The van der Waals surface area contributed by atoms with Crippen molar-refractivity contribution in [2.75, 3.05) is 5.32 Å². The largest absolute Gasteiger partial charge is 0.434 e. The SMILES string of the molecule is FC(F)(F)c1cn2c(n1)NC(c1cccnc1)CC2. The van der Waals surface area contributed by atoms with Crippen LogP contribution in [0.2, 0.25) is 0 Å². The van der Waals surface area contributed by atoms with Gasteiger partial charge in [0.2, 0.25) is 5.95 Å². The quantitative estimate of drug-likeness (QED) is 0.864. The second-order valence-electron chi connectivity index (χ2n) is 4.41. The topological polar surface area (TPSA) is 42.7 Å². The van der Waals surface area contributed by atoms with Gasteiger partial charge in [0.05, 0.1) is 6.04 Å². The molecule has 3 heterocycles. The number of aryl methyl sites for hydroxylation is 1. The second kappa shape index (κ2) is 4.25. The van der Waals surface area contributed by atoms with Crippen molar-refractivity contribution < 1.29 is 13.2 Å². The molecule has 7 heteroatoms. The molecule has 0 bridgehead atoms. The van der Waals surface area contributed by atoms with Crippen LogP contribution in [0.25, 0.3) is 0 Å². The van der Waals surface area contributed by atoms with Crippen molar-refractivity contribution in [3.05, 3.63) is 42.0 Å². The summed E-state index contributed by atoms with van der Waals surface area (Å²) in [6.45, 7) is 0.505. The molecule has 1 N–H and O–H groups in total. The Bertz CT molecular complexity index is 576. The molecule has 0 spiro atoms. The predicted molar refractivity (Wildman–Crippen MR) is 62.4 cm³/mol. The van der Waals surface area contributed by atoms with Crippen molar-refractivity contribution in [3.63, 3.8) is 0 Å². The standard InChI is InChI=1S/C12H11F3N4/c13-12(14,15)10-7-19-5-3-9(17-11(19)18-10)8-2-1-4-16-6-8/h1-2,4,6-7,9H,3,5H2,(H,17,18). The Hall–Kier alpha value is -2.05. The zero-order valence-electron chi connectivity index (χ0n) is 9.85. The van der Waals surface area contributed by atoms with Gasteiger partial charge in [-0.05, 0) is 18.1 Å². The summed E-state index contributed by atoms with van der Waals surface area (Å²) in [6.07, 6.45) is 0.708. The maximum Gasteiger partial charge on any atom is 0.434 e. The molecule has 0 amide bonds. The number of nitrogens with zero attached hydrogens (tertiary/aromatic N) is 3. The van der Waals surface area contributed by atoms with Crippen LogP contribution in [0.1, 0.15) is 23.7 Å². The summed E-state index contributed by atoms with van der Waals surface area (Å²) in [4.78, 5) is 7.62. The van der Waals surface area contributed by atoms with Crippen LogP contribution in [0, 0.1) is 0 Å². The number of aromatic nitrogens is 3. The number of hydrogen-bond donors (Lipinski definition) is 1. The lowest BCUT2D eigenvalue weighted by atomic mass is 10.1. The Kier molecular flexibility index (Phi) is 2.69. The summed E-state index contributed by atoms with van der Waals surface area (Å²) in [7, 11) is 0. The number of imidazole rings is 1. The van der Waals surface area contributed by atoms with Gasteiger partial charge in [0, 0.05) is 25.1 Å². The predicted octanol–water partition coefficient (Wildman–Crippen LogP) is 2.85. The van der Waals surface area contributed by atoms with E-state index in [1.165, 1.54) is 4.57 Å². The molecule has 4 nitrogen and oxygen atoms in total. The van der Waals surface area contributed by atoms with Crippen LogP contribution in [-0.2, 0) is 12.7 Å². The van der Waals surface area contributed by atoms with Crippen LogP contribution >= 0.6 is 0 Å². The maximum atomic E-state index is 12.6. The molecular weight excluding hydrogens is 257 g/mol. The fraction of sp³-hybridized carbons (Fsp3) is 0.333. The number of halogens is 3. The van der Waals surface area contributed by atoms with E-state index < -0.39 is 11.9 Å². The zero-order valence-corrected chi connectivity index (χ0v) is 9.85. The van der Waals surface area contributed by atoms with E-state index in [2.05, 4.69) is 15.3 Å². The van der Waals surface area contributed by atoms with Crippen molar-refractivity contribution in [3.8, 4) is 0 Å². The third-order valence-corrected chi connectivity index (χ3v) is 3.12. The van der Waals surface area contributed by atoms with Crippen LogP contribution in [0.3, 0.4) is 0 Å². The van der Waals surface area contributed by atoms with Crippen LogP contribution < -0.4 is 5.32 Å². The summed E-state index contributed by atoms with van der Waals surface area (Å²) in [6, 6.07) is 3.65. The number of pyridine rings is 1. The van der Waals surface area contributed by atoms with E-state index in [4.69, 9.17) is 0 Å². The Morgan fingerprint density at radius 1 is 1.37 bits per heavy atom. The molecule has 0 radical (unpaired) electrons. The Morgan fingerprint density at radius 2 is 2.21 bits per heavy atom. The van der Waals surface area contributed by atoms with E-state index in [1.54, 1.807) is 18.5 Å². The highest BCUT2D eigenvalue weighted by molar-refractivity contribution is 5.36. The molecule has 100 valence electrons. The summed E-state index contributed by atoms with van der Waals surface area (Å²) >= 11 is 0. The third kappa shape index (κ3) is 2.27. The van der Waals surface area contributed by atoms with Gasteiger partial charge < -0.3 is 9.88 Å². The number of alkyl halides is 3. The molecule has 0 saturated heterocycles. The van der Waals surface area contributed by atoms with E-state index in [0.29, 0.717) is 13.0 Å². The highest BCUT2D eigenvalue weighted by Gasteiger charge is 2.35. The van der Waals surface area contributed by atoms with Crippen molar-refractivity contribution in [1.82, 2.24) is 14.5 Å². The molecule has 0 fully saturated rings. The normalized spacial score (nSPS) is 18.8. The Balaban J connectivity index is 1.86. The van der Waals surface area contributed by atoms with Crippen molar-refractivity contribution in [1.29, 1.82) is 0 Å². The second-order valence-corrected chi connectivity index (χ2v) is 4.41. The van der Waals surface area contributed by atoms with Gasteiger partial charge in [0.1, 0.15) is 0 Å².